The minimum absolute atomic E-state index is 0.0283. The fourth-order valence-electron chi connectivity index (χ4n) is 8.33. The van der Waals surface area contributed by atoms with Gasteiger partial charge in [0.25, 0.3) is 17.7 Å². The van der Waals surface area contributed by atoms with Crippen LogP contribution in [0.25, 0.3) is 0 Å². The first-order valence-corrected chi connectivity index (χ1v) is 20.0. The number of aromatic nitrogens is 4. The molecule has 1 saturated heterocycles. The lowest BCUT2D eigenvalue weighted by Crippen LogP contribution is -2.45. The topological polar surface area (TPSA) is 191 Å². The van der Waals surface area contributed by atoms with E-state index < -0.39 is 11.4 Å². The van der Waals surface area contributed by atoms with Crippen molar-refractivity contribution >= 4 is 58.5 Å². The molecule has 3 aromatic heterocycles. The van der Waals surface area contributed by atoms with Crippen molar-refractivity contribution < 1.29 is 28.7 Å². The minimum atomic E-state index is -0.511. The average Bonchev–Trinajstić information content (AvgIpc) is 4.02. The number of nitrogen functional groups attached to an aromatic ring is 1. The van der Waals surface area contributed by atoms with Gasteiger partial charge in [-0.25, -0.2) is 4.98 Å². The van der Waals surface area contributed by atoms with Crippen LogP contribution in [0.2, 0.25) is 0 Å². The summed E-state index contributed by atoms with van der Waals surface area (Å²) in [6.45, 7) is 9.63. The van der Waals surface area contributed by atoms with Crippen molar-refractivity contribution in [3.63, 3.8) is 0 Å². The van der Waals surface area contributed by atoms with Crippen molar-refractivity contribution in [2.45, 2.75) is 58.2 Å². The number of anilines is 3. The Labute approximate surface area is 352 Å². The lowest BCUT2D eigenvalue weighted by Gasteiger charge is -2.29. The third kappa shape index (κ3) is 8.08. The molecule has 0 unspecified atom stereocenters. The summed E-state index contributed by atoms with van der Waals surface area (Å²) in [4.78, 5) is 79.0. The highest BCUT2D eigenvalue weighted by atomic mass is 16.5. The molecule has 61 heavy (non-hydrogen) atoms. The Morgan fingerprint density at radius 3 is 2.49 bits per heavy atom. The smallest absolute Gasteiger partial charge is 0.272 e. The minimum Gasteiger partial charge on any atom is -0.493 e. The van der Waals surface area contributed by atoms with Crippen LogP contribution in [0, 0.1) is 6.92 Å². The number of carbonyl (C=O) groups excluding carboxylic acids is 5. The molecule has 4 N–H and O–H groups in total. The molecule has 8 rings (SSSR count). The molecule has 16 heteroatoms. The van der Waals surface area contributed by atoms with E-state index in [-0.39, 0.29) is 54.6 Å². The third-order valence-electron chi connectivity index (χ3n) is 11.4. The Morgan fingerprint density at radius 2 is 1.69 bits per heavy atom. The number of aliphatic imine (C=N–C) groups is 1. The monoisotopic (exact) mass is 824 g/mol. The number of rotatable bonds is 12. The molecule has 0 bridgehead atoms. The van der Waals surface area contributed by atoms with E-state index in [0.717, 1.165) is 22.3 Å². The maximum Gasteiger partial charge on any atom is 0.272 e. The van der Waals surface area contributed by atoms with Gasteiger partial charge in [0.05, 0.1) is 29.1 Å². The molecule has 314 valence electrons. The van der Waals surface area contributed by atoms with Crippen LogP contribution in [0.4, 0.5) is 22.9 Å². The Bertz CT molecular complexity index is 2700. The molecule has 4 amide bonds. The van der Waals surface area contributed by atoms with Gasteiger partial charge in [0, 0.05) is 90.2 Å². The summed E-state index contributed by atoms with van der Waals surface area (Å²) in [5.74, 6) is -0.241. The van der Waals surface area contributed by atoms with Crippen molar-refractivity contribution in [2.24, 2.45) is 26.1 Å². The predicted molar refractivity (Wildman–Crippen MR) is 230 cm³/mol. The number of carbonyl (C=O) groups is 5. The highest BCUT2D eigenvalue weighted by Crippen LogP contribution is 2.39. The average molecular weight is 825 g/mol. The number of amides is 4. The molecule has 0 spiro atoms. The Hall–Kier alpha value is -7.23. The molecular formula is C45H48N10O6. The van der Waals surface area contributed by atoms with E-state index in [1.54, 1.807) is 82.6 Å². The van der Waals surface area contributed by atoms with Crippen molar-refractivity contribution in [3.05, 3.63) is 118 Å². The molecule has 0 saturated carbocycles. The molecule has 2 aromatic carbocycles. The van der Waals surface area contributed by atoms with E-state index in [2.05, 4.69) is 27.2 Å². The number of ketones is 1. The maximum absolute atomic E-state index is 13.4. The Kier molecular flexibility index (Phi) is 10.5. The van der Waals surface area contributed by atoms with Crippen LogP contribution >= 0.6 is 0 Å². The number of ether oxygens (including phenoxy) is 1. The first-order valence-electron chi connectivity index (χ1n) is 20.0. The summed E-state index contributed by atoms with van der Waals surface area (Å²) in [6, 6.07) is 12.5. The zero-order valence-corrected chi connectivity index (χ0v) is 34.9. The van der Waals surface area contributed by atoms with E-state index >= 15 is 0 Å². The number of hydrogen-bond donors (Lipinski definition) is 3. The Morgan fingerprint density at radius 1 is 0.918 bits per heavy atom. The number of imidazole rings is 1. The number of nitrogens with one attached hydrogen (secondary N) is 2. The Balaban J connectivity index is 0.819. The fraction of sp³-hybridized carbons (Fsp3) is 0.311. The van der Waals surface area contributed by atoms with Gasteiger partial charge in [-0.2, -0.15) is 0 Å². The van der Waals surface area contributed by atoms with Crippen LogP contribution in [0.5, 0.6) is 5.75 Å². The summed E-state index contributed by atoms with van der Waals surface area (Å²) in [7, 11) is 5.14. The lowest BCUT2D eigenvalue weighted by molar-refractivity contribution is -0.116. The SMILES string of the molecule is C=C1CN2C(=O)c3cc(C)c(OCCCC(=O)Nc4cn(C)c(C(=O)Cc5cc(C(=O)Nc6cc(C(=O)N7Cc8ccc(N)cc8C7)n(C)c6)n(C)c5)n4)cc3N=C[C@]2(C)C1. The van der Waals surface area contributed by atoms with Gasteiger partial charge in [0.2, 0.25) is 11.7 Å². The zero-order valence-electron chi connectivity index (χ0n) is 34.9. The van der Waals surface area contributed by atoms with Gasteiger partial charge in [-0.3, -0.25) is 29.0 Å². The summed E-state index contributed by atoms with van der Waals surface area (Å²) in [6.07, 6.45) is 7.98. The number of fused-ring (bicyclic) bond motifs is 3. The molecule has 3 aliphatic rings. The maximum atomic E-state index is 13.4. The second-order valence-corrected chi connectivity index (χ2v) is 16.4. The number of nitrogens with zero attached hydrogens (tertiary/aromatic N) is 7. The second kappa shape index (κ2) is 15.7. The van der Waals surface area contributed by atoms with Crippen LogP contribution in [-0.2, 0) is 45.4 Å². The van der Waals surface area contributed by atoms with E-state index in [9.17, 15) is 24.0 Å². The normalized spacial score (nSPS) is 16.6. The van der Waals surface area contributed by atoms with Crippen LogP contribution in [-0.4, -0.2) is 82.8 Å². The van der Waals surface area contributed by atoms with Gasteiger partial charge in [-0.05, 0) is 79.3 Å². The van der Waals surface area contributed by atoms with Gasteiger partial charge >= 0.3 is 0 Å². The second-order valence-electron chi connectivity index (χ2n) is 16.4. The zero-order chi connectivity index (χ0) is 43.3. The van der Waals surface area contributed by atoms with Gasteiger partial charge in [-0.1, -0.05) is 18.2 Å². The first kappa shape index (κ1) is 40.5. The molecular weight excluding hydrogens is 777 g/mol. The first-order chi connectivity index (χ1) is 29.0. The number of hydrogen-bond acceptors (Lipinski definition) is 9. The predicted octanol–water partition coefficient (Wildman–Crippen LogP) is 5.50. The molecule has 0 radical (unpaired) electrons. The molecule has 0 aliphatic carbocycles. The van der Waals surface area contributed by atoms with E-state index in [1.807, 2.05) is 43.2 Å². The highest BCUT2D eigenvalue weighted by Gasteiger charge is 2.43. The number of nitrogens with two attached hydrogens (primary N) is 1. The van der Waals surface area contributed by atoms with Crippen molar-refractivity contribution in [1.82, 2.24) is 28.5 Å². The summed E-state index contributed by atoms with van der Waals surface area (Å²) in [5.41, 5.74) is 12.8. The lowest BCUT2D eigenvalue weighted by atomic mass is 9.99. The summed E-state index contributed by atoms with van der Waals surface area (Å²) in [5, 5.41) is 5.64. The molecule has 6 heterocycles. The van der Waals surface area contributed by atoms with Crippen LogP contribution in [0.3, 0.4) is 0 Å². The summed E-state index contributed by atoms with van der Waals surface area (Å²) < 4.78 is 10.9. The van der Waals surface area contributed by atoms with Gasteiger partial charge in [0.1, 0.15) is 17.1 Å². The van der Waals surface area contributed by atoms with Crippen LogP contribution in [0.15, 0.2) is 78.2 Å². The summed E-state index contributed by atoms with van der Waals surface area (Å²) >= 11 is 0. The third-order valence-corrected chi connectivity index (χ3v) is 11.4. The van der Waals surface area contributed by atoms with Gasteiger partial charge < -0.3 is 44.6 Å². The highest BCUT2D eigenvalue weighted by molar-refractivity contribution is 6.06. The molecule has 1 atom stereocenters. The fourth-order valence-corrected chi connectivity index (χ4v) is 8.33. The van der Waals surface area contributed by atoms with Crippen LogP contribution in [0.1, 0.15) is 90.4 Å². The molecule has 3 aliphatic heterocycles. The molecule has 1 fully saturated rings. The number of aryl methyl sites for hydroxylation is 4. The van der Waals surface area contributed by atoms with Gasteiger partial charge in [0.15, 0.2) is 11.6 Å². The van der Waals surface area contributed by atoms with E-state index in [1.165, 1.54) is 0 Å². The number of Topliss-reactive ketones (excluding diaryl/α,β-unsaturated/α-hetero) is 1. The standard InChI is InChI=1S/C45H48N10O6/c1-26-18-45(3)25-47-34-17-38(27(2)12-33(34)43(59)55(45)19-26)61-11-7-8-40(57)49-39-24-53(6)41(50-39)37(56)14-28-13-35(51(4)20-28)42(58)48-32-16-36(52(5)23-32)44(60)54-21-29-9-10-31(46)15-30(29)22-54/h9-10,12-13,15-17,20,23-25H,1,7-8,11,14,18-19,21-22,46H2,2-6H3,(H,48,58)(H,49,57)/t45-/m0/s1. The molecule has 16 nitrogen and oxygen atoms in total. The van der Waals surface area contributed by atoms with Crippen molar-refractivity contribution in [1.29, 1.82) is 0 Å². The van der Waals surface area contributed by atoms with Gasteiger partial charge in [-0.15, -0.1) is 0 Å². The van der Waals surface area contributed by atoms with E-state index in [0.29, 0.717) is 77.8 Å². The quantitative estimate of drug-likeness (QED) is 0.0636. The molecule has 5 aromatic rings. The van der Waals surface area contributed by atoms with Crippen LogP contribution < -0.4 is 21.1 Å². The van der Waals surface area contributed by atoms with Crippen molar-refractivity contribution in [2.75, 3.05) is 29.5 Å². The van der Waals surface area contributed by atoms with E-state index in [4.69, 9.17) is 10.5 Å². The van der Waals surface area contributed by atoms with Crippen molar-refractivity contribution in [3.8, 4) is 5.75 Å². The largest absolute Gasteiger partial charge is 0.493 e. The number of benzene rings is 2.